The molecule has 3 heteroatoms. The van der Waals surface area contributed by atoms with Crippen molar-refractivity contribution in [3.63, 3.8) is 0 Å². The lowest BCUT2D eigenvalue weighted by Gasteiger charge is -2.32. The van der Waals surface area contributed by atoms with Crippen molar-refractivity contribution in [3.05, 3.63) is 0 Å². The van der Waals surface area contributed by atoms with Gasteiger partial charge in [0.15, 0.2) is 0 Å². The summed E-state index contributed by atoms with van der Waals surface area (Å²) in [6.07, 6.45) is 17.4. The molecule has 0 spiro atoms. The van der Waals surface area contributed by atoms with Crippen molar-refractivity contribution in [3.8, 4) is 0 Å². The van der Waals surface area contributed by atoms with Gasteiger partial charge in [0.2, 0.25) is 0 Å². The lowest BCUT2D eigenvalue weighted by Crippen LogP contribution is -2.41. The lowest BCUT2D eigenvalue weighted by molar-refractivity contribution is -0.137. The van der Waals surface area contributed by atoms with Gasteiger partial charge in [-0.15, -0.1) is 0 Å². The molecule has 0 heterocycles. The number of fused-ring (bicyclic) bond motifs is 2. The standard InChI is InChI=1S/C21H39NO2/c1-2-3-4-7-10-15-22-21-18-14-13-17(16-18)19(21)11-8-5-6-9-12-20(23)24/h17-19,21-22H,2-16H2,1H3,(H,23,24)/t17-,18+,19+,21+/m0/s1. The van der Waals surface area contributed by atoms with E-state index in [4.69, 9.17) is 5.11 Å². The highest BCUT2D eigenvalue weighted by atomic mass is 16.4. The van der Waals surface area contributed by atoms with Crippen LogP contribution in [0.25, 0.3) is 0 Å². The van der Waals surface area contributed by atoms with Crippen LogP contribution in [0.2, 0.25) is 0 Å². The van der Waals surface area contributed by atoms with Gasteiger partial charge in [0, 0.05) is 12.5 Å². The average molecular weight is 338 g/mol. The number of unbranched alkanes of at least 4 members (excludes halogenated alkanes) is 7. The summed E-state index contributed by atoms with van der Waals surface area (Å²) in [5, 5.41) is 12.6. The van der Waals surface area contributed by atoms with Crippen molar-refractivity contribution in [2.24, 2.45) is 17.8 Å². The van der Waals surface area contributed by atoms with Gasteiger partial charge in [-0.1, -0.05) is 51.9 Å². The second-order valence-electron chi connectivity index (χ2n) is 8.24. The third kappa shape index (κ3) is 6.38. The molecule has 2 saturated carbocycles. The summed E-state index contributed by atoms with van der Waals surface area (Å²) in [5.41, 5.74) is 0. The molecule has 2 N–H and O–H groups in total. The summed E-state index contributed by atoms with van der Waals surface area (Å²) < 4.78 is 0. The van der Waals surface area contributed by atoms with E-state index in [9.17, 15) is 4.79 Å². The number of carboxylic acid groups (broad SMARTS) is 1. The molecule has 0 aromatic carbocycles. The van der Waals surface area contributed by atoms with Crippen LogP contribution in [0.1, 0.15) is 96.8 Å². The van der Waals surface area contributed by atoms with Gasteiger partial charge < -0.3 is 10.4 Å². The smallest absolute Gasteiger partial charge is 0.303 e. The van der Waals surface area contributed by atoms with Crippen LogP contribution in [0.4, 0.5) is 0 Å². The van der Waals surface area contributed by atoms with Crippen molar-refractivity contribution in [1.82, 2.24) is 5.32 Å². The fraction of sp³-hybridized carbons (Fsp3) is 0.952. The molecule has 0 aromatic heterocycles. The first-order valence-electron chi connectivity index (χ1n) is 10.7. The van der Waals surface area contributed by atoms with Crippen LogP contribution in [0.3, 0.4) is 0 Å². The Morgan fingerprint density at radius 1 is 0.958 bits per heavy atom. The quantitative estimate of drug-likeness (QED) is 0.418. The summed E-state index contributed by atoms with van der Waals surface area (Å²) in [5.74, 6) is 2.18. The van der Waals surface area contributed by atoms with E-state index in [-0.39, 0.29) is 0 Å². The number of hydrogen-bond donors (Lipinski definition) is 2. The van der Waals surface area contributed by atoms with Crippen LogP contribution in [0, 0.1) is 17.8 Å². The molecule has 4 atom stereocenters. The summed E-state index contributed by atoms with van der Waals surface area (Å²) in [6, 6.07) is 0.786. The number of nitrogens with one attached hydrogen (secondary N) is 1. The van der Waals surface area contributed by atoms with Gasteiger partial charge in [0.05, 0.1) is 0 Å². The van der Waals surface area contributed by atoms with Crippen LogP contribution in [-0.4, -0.2) is 23.7 Å². The fourth-order valence-corrected chi connectivity index (χ4v) is 5.15. The molecule has 2 fully saturated rings. The van der Waals surface area contributed by atoms with Crippen LogP contribution in [0.15, 0.2) is 0 Å². The minimum atomic E-state index is -0.647. The highest BCUT2D eigenvalue weighted by Crippen LogP contribution is 2.50. The molecule has 0 radical (unpaired) electrons. The minimum absolute atomic E-state index is 0.344. The number of carbonyl (C=O) groups is 1. The Labute approximate surface area is 149 Å². The van der Waals surface area contributed by atoms with E-state index in [1.807, 2.05) is 0 Å². The minimum Gasteiger partial charge on any atom is -0.481 e. The summed E-state index contributed by atoms with van der Waals surface area (Å²) >= 11 is 0. The molecule has 0 aliphatic heterocycles. The third-order valence-electron chi connectivity index (χ3n) is 6.43. The third-order valence-corrected chi connectivity index (χ3v) is 6.43. The Kier molecular flexibility index (Phi) is 9.15. The Morgan fingerprint density at radius 2 is 1.67 bits per heavy atom. The van der Waals surface area contributed by atoms with Crippen molar-refractivity contribution >= 4 is 5.97 Å². The molecular formula is C21H39NO2. The monoisotopic (exact) mass is 337 g/mol. The first-order valence-corrected chi connectivity index (χ1v) is 10.7. The zero-order valence-electron chi connectivity index (χ0n) is 15.8. The molecular weight excluding hydrogens is 298 g/mol. The summed E-state index contributed by atoms with van der Waals surface area (Å²) in [4.78, 5) is 10.5. The van der Waals surface area contributed by atoms with E-state index >= 15 is 0 Å². The van der Waals surface area contributed by atoms with Crippen molar-refractivity contribution < 1.29 is 9.90 Å². The lowest BCUT2D eigenvalue weighted by atomic mass is 9.81. The predicted molar refractivity (Wildman–Crippen MR) is 100 cm³/mol. The SMILES string of the molecule is CCCCCCCN[C@@H]1[C@@H]2CC[C@@H](C2)[C@H]1CCCCCCC(=O)O. The van der Waals surface area contributed by atoms with Crippen molar-refractivity contribution in [1.29, 1.82) is 0 Å². The second-order valence-corrected chi connectivity index (χ2v) is 8.24. The molecule has 24 heavy (non-hydrogen) atoms. The Morgan fingerprint density at radius 3 is 2.46 bits per heavy atom. The molecule has 0 saturated heterocycles. The molecule has 2 rings (SSSR count). The van der Waals surface area contributed by atoms with Gasteiger partial charge >= 0.3 is 5.97 Å². The molecule has 0 unspecified atom stereocenters. The van der Waals surface area contributed by atoms with E-state index in [1.54, 1.807) is 0 Å². The molecule has 0 amide bonds. The van der Waals surface area contributed by atoms with E-state index in [0.717, 1.165) is 36.6 Å². The molecule has 2 bridgehead atoms. The largest absolute Gasteiger partial charge is 0.481 e. The molecule has 0 aromatic rings. The molecule has 140 valence electrons. The average Bonchev–Trinajstić information content (AvgIpc) is 3.15. The summed E-state index contributed by atoms with van der Waals surface area (Å²) in [6.45, 7) is 3.49. The van der Waals surface area contributed by atoms with Gasteiger partial charge in [-0.25, -0.2) is 0 Å². The van der Waals surface area contributed by atoms with Gasteiger partial charge in [-0.05, 0) is 62.8 Å². The Bertz CT molecular complexity index is 358. The molecule has 2 aliphatic carbocycles. The normalized spacial score (nSPS) is 28.5. The van der Waals surface area contributed by atoms with Crippen LogP contribution in [-0.2, 0) is 4.79 Å². The number of aliphatic carboxylic acids is 1. The van der Waals surface area contributed by atoms with Crippen molar-refractivity contribution in [2.75, 3.05) is 6.54 Å². The zero-order valence-corrected chi connectivity index (χ0v) is 15.8. The van der Waals surface area contributed by atoms with Crippen molar-refractivity contribution in [2.45, 2.75) is 103 Å². The maximum atomic E-state index is 10.5. The van der Waals surface area contributed by atoms with E-state index in [2.05, 4.69) is 12.2 Å². The zero-order chi connectivity index (χ0) is 17.2. The van der Waals surface area contributed by atoms with Crippen LogP contribution < -0.4 is 5.32 Å². The summed E-state index contributed by atoms with van der Waals surface area (Å²) in [7, 11) is 0. The van der Waals surface area contributed by atoms with E-state index in [0.29, 0.717) is 6.42 Å². The first-order chi connectivity index (χ1) is 11.7. The van der Waals surface area contributed by atoms with Crippen LogP contribution >= 0.6 is 0 Å². The Hall–Kier alpha value is -0.570. The molecule has 2 aliphatic rings. The van der Waals surface area contributed by atoms with Gasteiger partial charge in [-0.2, -0.15) is 0 Å². The number of carboxylic acids is 1. The van der Waals surface area contributed by atoms with E-state index < -0.39 is 5.97 Å². The van der Waals surface area contributed by atoms with E-state index in [1.165, 1.54) is 77.2 Å². The Balaban J connectivity index is 1.59. The molecule has 3 nitrogen and oxygen atoms in total. The second kappa shape index (κ2) is 11.1. The van der Waals surface area contributed by atoms with Gasteiger partial charge in [-0.3, -0.25) is 4.79 Å². The number of hydrogen-bond acceptors (Lipinski definition) is 2. The highest BCUT2D eigenvalue weighted by Gasteiger charge is 2.46. The fourth-order valence-electron chi connectivity index (χ4n) is 5.15. The maximum absolute atomic E-state index is 10.5. The maximum Gasteiger partial charge on any atom is 0.303 e. The highest BCUT2D eigenvalue weighted by molar-refractivity contribution is 5.66. The predicted octanol–water partition coefficient (Wildman–Crippen LogP) is 5.39. The first kappa shape index (κ1) is 19.8. The van der Waals surface area contributed by atoms with Gasteiger partial charge in [0.25, 0.3) is 0 Å². The van der Waals surface area contributed by atoms with Gasteiger partial charge in [0.1, 0.15) is 0 Å². The number of rotatable bonds is 14. The topological polar surface area (TPSA) is 49.3 Å². The van der Waals surface area contributed by atoms with Crippen LogP contribution in [0.5, 0.6) is 0 Å².